The van der Waals surface area contributed by atoms with Crippen LogP contribution in [0.5, 0.6) is 23.0 Å². The summed E-state index contributed by atoms with van der Waals surface area (Å²) in [5, 5.41) is 0. The molecule has 2 rings (SSSR count). The summed E-state index contributed by atoms with van der Waals surface area (Å²) < 4.78 is 22.5. The molecule has 0 aliphatic carbocycles. The Hall–Kier alpha value is -2.30. The Morgan fingerprint density at radius 2 is 1.08 bits per heavy atom. The fraction of sp³-hybridized carbons (Fsp3) is 0.400. The number of rotatable bonds is 8. The first-order valence-electron chi connectivity index (χ1n) is 8.54. The van der Waals surface area contributed by atoms with Crippen LogP contribution < -0.4 is 18.8 Å². The summed E-state index contributed by atoms with van der Waals surface area (Å²) in [6.07, 6.45) is 0.289. The monoisotopic (exact) mass is 341 g/mol. The molecule has 133 valence electrons. The standard InChI is InChI=1S/C20H26BO4/c1-13(2)22-19-9-7-17(11-15(19)5)24-21-25-18-8-10-20(16(6)12-18)23-14(3)4/h7-14H,1-6H3. The van der Waals surface area contributed by atoms with Crippen LogP contribution >= 0.6 is 0 Å². The SMILES string of the molecule is Cc1cc(O[B]Oc2ccc(OC(C)C)c(C)c2)ccc1OC(C)C. The molecule has 5 heteroatoms. The maximum Gasteiger partial charge on any atom is 0.658 e. The Balaban J connectivity index is 1.90. The van der Waals surface area contributed by atoms with Gasteiger partial charge >= 0.3 is 7.69 Å². The molecule has 2 aromatic carbocycles. The summed E-state index contributed by atoms with van der Waals surface area (Å²) in [6, 6.07) is 11.4. The minimum absolute atomic E-state index is 0.145. The molecule has 0 heterocycles. The molecule has 0 saturated carbocycles. The largest absolute Gasteiger partial charge is 0.658 e. The van der Waals surface area contributed by atoms with Crippen LogP contribution in [0.25, 0.3) is 0 Å². The molecule has 4 nitrogen and oxygen atoms in total. The van der Waals surface area contributed by atoms with Gasteiger partial charge in [-0.3, -0.25) is 0 Å². The second-order valence-corrected chi connectivity index (χ2v) is 6.52. The molecular formula is C20H26BO4. The summed E-state index contributed by atoms with van der Waals surface area (Å²) in [5.41, 5.74) is 2.04. The smallest absolute Gasteiger partial charge is 0.526 e. The van der Waals surface area contributed by atoms with Gasteiger partial charge in [-0.15, -0.1) is 0 Å². The van der Waals surface area contributed by atoms with Gasteiger partial charge in [-0.05, 0) is 89.1 Å². The van der Waals surface area contributed by atoms with Crippen LogP contribution in [0.3, 0.4) is 0 Å². The van der Waals surface area contributed by atoms with Crippen LogP contribution in [-0.2, 0) is 0 Å². The molecule has 25 heavy (non-hydrogen) atoms. The lowest BCUT2D eigenvalue weighted by molar-refractivity contribution is 0.240. The number of hydrogen-bond donors (Lipinski definition) is 0. The van der Waals surface area contributed by atoms with Crippen molar-refractivity contribution in [3.8, 4) is 23.0 Å². The fourth-order valence-corrected chi connectivity index (χ4v) is 2.30. The minimum atomic E-state index is 0.145. The highest BCUT2D eigenvalue weighted by Gasteiger charge is 2.08. The number of hydrogen-bond acceptors (Lipinski definition) is 4. The zero-order valence-corrected chi connectivity index (χ0v) is 15.8. The van der Waals surface area contributed by atoms with E-state index in [0.717, 1.165) is 22.6 Å². The molecule has 0 aliphatic heterocycles. The van der Waals surface area contributed by atoms with E-state index in [9.17, 15) is 0 Å². The van der Waals surface area contributed by atoms with Crippen LogP contribution in [-0.4, -0.2) is 19.9 Å². The Morgan fingerprint density at radius 3 is 1.40 bits per heavy atom. The topological polar surface area (TPSA) is 36.9 Å². The summed E-state index contributed by atoms with van der Waals surface area (Å²) in [4.78, 5) is 0. The van der Waals surface area contributed by atoms with Crippen molar-refractivity contribution in [2.75, 3.05) is 0 Å². The van der Waals surface area contributed by atoms with Gasteiger partial charge in [0.05, 0.1) is 12.2 Å². The third-order valence-electron chi connectivity index (χ3n) is 3.39. The average Bonchev–Trinajstić information content (AvgIpc) is 2.52. The lowest BCUT2D eigenvalue weighted by Crippen LogP contribution is -2.12. The van der Waals surface area contributed by atoms with Crippen molar-refractivity contribution in [1.82, 2.24) is 0 Å². The quantitative estimate of drug-likeness (QED) is 0.642. The Kier molecular flexibility index (Phi) is 6.62. The Morgan fingerprint density at radius 1 is 0.680 bits per heavy atom. The van der Waals surface area contributed by atoms with Crippen LogP contribution in [0.4, 0.5) is 0 Å². The van der Waals surface area contributed by atoms with Crippen LogP contribution in [0.1, 0.15) is 38.8 Å². The van der Waals surface area contributed by atoms with Gasteiger partial charge in [0.2, 0.25) is 0 Å². The van der Waals surface area contributed by atoms with Crippen molar-refractivity contribution in [3.63, 3.8) is 0 Å². The second-order valence-electron chi connectivity index (χ2n) is 6.52. The first-order valence-corrected chi connectivity index (χ1v) is 8.54. The van der Waals surface area contributed by atoms with Gasteiger partial charge in [0, 0.05) is 0 Å². The summed E-state index contributed by atoms with van der Waals surface area (Å²) in [7, 11) is 1.33. The molecule has 0 saturated heterocycles. The molecule has 0 amide bonds. The molecule has 0 aliphatic rings. The van der Waals surface area contributed by atoms with E-state index in [-0.39, 0.29) is 12.2 Å². The number of aryl methyl sites for hydroxylation is 2. The van der Waals surface area contributed by atoms with Gasteiger partial charge < -0.3 is 18.8 Å². The highest BCUT2D eigenvalue weighted by atomic mass is 16.6. The van der Waals surface area contributed by atoms with E-state index in [0.29, 0.717) is 11.5 Å². The van der Waals surface area contributed by atoms with Crippen molar-refractivity contribution in [2.45, 2.75) is 53.8 Å². The zero-order valence-electron chi connectivity index (χ0n) is 15.8. The van der Waals surface area contributed by atoms with Crippen LogP contribution in [0, 0.1) is 13.8 Å². The van der Waals surface area contributed by atoms with E-state index in [1.165, 1.54) is 7.69 Å². The molecule has 0 N–H and O–H groups in total. The first-order chi connectivity index (χ1) is 11.8. The van der Waals surface area contributed by atoms with E-state index in [1.807, 2.05) is 77.9 Å². The predicted molar refractivity (Wildman–Crippen MR) is 101 cm³/mol. The number of ether oxygens (including phenoxy) is 2. The van der Waals surface area contributed by atoms with Crippen molar-refractivity contribution in [3.05, 3.63) is 47.5 Å². The fourth-order valence-electron chi connectivity index (χ4n) is 2.30. The van der Waals surface area contributed by atoms with E-state index < -0.39 is 0 Å². The molecule has 1 radical (unpaired) electrons. The molecule has 2 aromatic rings. The highest BCUT2D eigenvalue weighted by molar-refractivity contribution is 6.20. The van der Waals surface area contributed by atoms with E-state index >= 15 is 0 Å². The van der Waals surface area contributed by atoms with Gasteiger partial charge in [0.1, 0.15) is 23.0 Å². The van der Waals surface area contributed by atoms with E-state index in [1.54, 1.807) is 0 Å². The molecule has 0 spiro atoms. The predicted octanol–water partition coefficient (Wildman–Crippen LogP) is 4.87. The third kappa shape index (κ3) is 5.93. The maximum absolute atomic E-state index is 5.72. The molecule has 0 fully saturated rings. The minimum Gasteiger partial charge on any atom is -0.526 e. The van der Waals surface area contributed by atoms with Crippen LogP contribution in [0.2, 0.25) is 0 Å². The molecule has 0 bridgehead atoms. The normalized spacial score (nSPS) is 10.7. The first kappa shape index (κ1) is 19.0. The number of benzene rings is 2. The van der Waals surface area contributed by atoms with Gasteiger partial charge in [0.15, 0.2) is 0 Å². The highest BCUT2D eigenvalue weighted by Crippen LogP contribution is 2.26. The molecule has 0 aromatic heterocycles. The summed E-state index contributed by atoms with van der Waals surface area (Å²) in [5.74, 6) is 3.12. The van der Waals surface area contributed by atoms with Gasteiger partial charge in [-0.1, -0.05) is 0 Å². The van der Waals surface area contributed by atoms with Crippen molar-refractivity contribution in [1.29, 1.82) is 0 Å². The van der Waals surface area contributed by atoms with Gasteiger partial charge in [-0.25, -0.2) is 0 Å². The maximum atomic E-state index is 5.72. The molecular weight excluding hydrogens is 315 g/mol. The van der Waals surface area contributed by atoms with Crippen molar-refractivity contribution < 1.29 is 18.8 Å². The Labute approximate surface area is 151 Å². The van der Waals surface area contributed by atoms with Crippen LogP contribution in [0.15, 0.2) is 36.4 Å². The molecule has 0 unspecified atom stereocenters. The average molecular weight is 341 g/mol. The Bertz CT molecular complexity index is 639. The van der Waals surface area contributed by atoms with E-state index in [4.69, 9.17) is 18.8 Å². The lowest BCUT2D eigenvalue weighted by atomic mass is 10.2. The van der Waals surface area contributed by atoms with Crippen molar-refractivity contribution in [2.24, 2.45) is 0 Å². The lowest BCUT2D eigenvalue weighted by Gasteiger charge is -2.14. The summed E-state index contributed by atoms with van der Waals surface area (Å²) >= 11 is 0. The van der Waals surface area contributed by atoms with Crippen molar-refractivity contribution >= 4 is 7.69 Å². The molecule has 0 atom stereocenters. The second kappa shape index (κ2) is 8.70. The summed E-state index contributed by atoms with van der Waals surface area (Å²) in [6.45, 7) is 12.0. The third-order valence-corrected chi connectivity index (χ3v) is 3.39. The van der Waals surface area contributed by atoms with Gasteiger partial charge in [0.25, 0.3) is 0 Å². The zero-order chi connectivity index (χ0) is 18.4. The van der Waals surface area contributed by atoms with E-state index in [2.05, 4.69) is 0 Å². The van der Waals surface area contributed by atoms with Gasteiger partial charge in [-0.2, -0.15) is 0 Å².